The Kier molecular flexibility index (Phi) is 3.34. The van der Waals surface area contributed by atoms with Crippen molar-refractivity contribution >= 4 is 22.7 Å². The summed E-state index contributed by atoms with van der Waals surface area (Å²) in [7, 11) is 0. The van der Waals surface area contributed by atoms with Crippen LogP contribution in [0.3, 0.4) is 0 Å². The van der Waals surface area contributed by atoms with Gasteiger partial charge in [-0.1, -0.05) is 36.4 Å². The SMILES string of the molecule is C1=CC(c2cc(-c3cccs3)cc(-c3cccs3)c2)C=C1. The molecular formula is C19H14S2. The van der Waals surface area contributed by atoms with Crippen molar-refractivity contribution in [3.05, 3.63) is 83.1 Å². The van der Waals surface area contributed by atoms with Crippen LogP contribution in [-0.2, 0) is 0 Å². The van der Waals surface area contributed by atoms with Gasteiger partial charge in [0.05, 0.1) is 0 Å². The van der Waals surface area contributed by atoms with E-state index in [1.807, 2.05) is 0 Å². The first kappa shape index (κ1) is 12.8. The monoisotopic (exact) mass is 306 g/mol. The Balaban J connectivity index is 1.87. The summed E-state index contributed by atoms with van der Waals surface area (Å²) in [5, 5.41) is 4.28. The van der Waals surface area contributed by atoms with E-state index in [1.54, 1.807) is 22.7 Å². The number of benzene rings is 1. The number of thiophene rings is 2. The second kappa shape index (κ2) is 5.47. The van der Waals surface area contributed by atoms with Gasteiger partial charge in [-0.3, -0.25) is 0 Å². The predicted molar refractivity (Wildman–Crippen MR) is 94.1 cm³/mol. The Bertz CT molecular complexity index is 726. The van der Waals surface area contributed by atoms with E-state index in [0.29, 0.717) is 5.92 Å². The van der Waals surface area contributed by atoms with Gasteiger partial charge >= 0.3 is 0 Å². The van der Waals surface area contributed by atoms with Crippen molar-refractivity contribution in [1.82, 2.24) is 0 Å². The van der Waals surface area contributed by atoms with Gasteiger partial charge in [0.2, 0.25) is 0 Å². The lowest BCUT2D eigenvalue weighted by Gasteiger charge is -2.11. The first-order valence-electron chi connectivity index (χ1n) is 6.98. The quantitative estimate of drug-likeness (QED) is 0.528. The fourth-order valence-corrected chi connectivity index (χ4v) is 4.10. The molecule has 0 saturated carbocycles. The van der Waals surface area contributed by atoms with Crippen molar-refractivity contribution < 1.29 is 0 Å². The molecule has 0 amide bonds. The maximum Gasteiger partial charge on any atom is 0.0343 e. The van der Waals surface area contributed by atoms with Crippen LogP contribution in [0, 0.1) is 0 Å². The van der Waals surface area contributed by atoms with E-state index in [9.17, 15) is 0 Å². The van der Waals surface area contributed by atoms with Gasteiger partial charge < -0.3 is 0 Å². The van der Waals surface area contributed by atoms with E-state index in [-0.39, 0.29) is 0 Å². The summed E-state index contributed by atoms with van der Waals surface area (Å²) in [5.41, 5.74) is 4.01. The lowest BCUT2D eigenvalue weighted by molar-refractivity contribution is 1.11. The lowest BCUT2D eigenvalue weighted by atomic mass is 9.95. The summed E-state index contributed by atoms with van der Waals surface area (Å²) >= 11 is 3.60. The number of rotatable bonds is 3. The Labute approximate surface area is 132 Å². The molecule has 2 heterocycles. The topological polar surface area (TPSA) is 0 Å². The van der Waals surface area contributed by atoms with E-state index in [0.717, 1.165) is 0 Å². The zero-order valence-corrected chi connectivity index (χ0v) is 13.0. The van der Waals surface area contributed by atoms with Crippen molar-refractivity contribution in [3.63, 3.8) is 0 Å². The summed E-state index contributed by atoms with van der Waals surface area (Å²) in [6.45, 7) is 0. The molecule has 3 aromatic rings. The fourth-order valence-electron chi connectivity index (χ4n) is 2.67. The zero-order chi connectivity index (χ0) is 14.1. The minimum absolute atomic E-state index is 0.406. The molecule has 21 heavy (non-hydrogen) atoms. The third-order valence-corrected chi connectivity index (χ3v) is 5.54. The molecule has 4 rings (SSSR count). The smallest absolute Gasteiger partial charge is 0.0343 e. The maximum absolute atomic E-state index is 2.33. The molecule has 0 aliphatic heterocycles. The highest BCUT2D eigenvalue weighted by Crippen LogP contribution is 2.36. The average Bonchev–Trinajstić information content (AvgIpc) is 3.29. The molecule has 2 aromatic heterocycles. The molecule has 0 N–H and O–H groups in total. The number of hydrogen-bond acceptors (Lipinski definition) is 2. The summed E-state index contributed by atoms with van der Waals surface area (Å²) in [6, 6.07) is 15.6. The van der Waals surface area contributed by atoms with Gasteiger partial charge in [0, 0.05) is 15.7 Å². The molecule has 0 spiro atoms. The molecule has 1 aliphatic carbocycles. The predicted octanol–water partition coefficient (Wildman–Crippen LogP) is 6.35. The summed E-state index contributed by atoms with van der Waals surface area (Å²) in [4.78, 5) is 2.67. The summed E-state index contributed by atoms with van der Waals surface area (Å²) < 4.78 is 0. The normalized spacial score (nSPS) is 14.1. The van der Waals surface area contributed by atoms with Crippen molar-refractivity contribution in [2.24, 2.45) is 0 Å². The van der Waals surface area contributed by atoms with E-state index in [1.165, 1.54) is 26.4 Å². The van der Waals surface area contributed by atoms with E-state index >= 15 is 0 Å². The Hall–Kier alpha value is -1.90. The summed E-state index contributed by atoms with van der Waals surface area (Å²) in [6.07, 6.45) is 8.78. The molecule has 0 nitrogen and oxygen atoms in total. The second-order valence-corrected chi connectivity index (χ2v) is 6.99. The minimum atomic E-state index is 0.406. The van der Waals surface area contributed by atoms with Gasteiger partial charge in [0.1, 0.15) is 0 Å². The molecular weight excluding hydrogens is 292 g/mol. The first-order valence-corrected chi connectivity index (χ1v) is 8.74. The highest BCUT2D eigenvalue weighted by atomic mass is 32.1. The van der Waals surface area contributed by atoms with Gasteiger partial charge in [0.15, 0.2) is 0 Å². The molecule has 0 radical (unpaired) electrons. The molecule has 1 aliphatic rings. The van der Waals surface area contributed by atoms with Gasteiger partial charge in [-0.25, -0.2) is 0 Å². The lowest BCUT2D eigenvalue weighted by Crippen LogP contribution is -1.91. The van der Waals surface area contributed by atoms with E-state index in [4.69, 9.17) is 0 Å². The van der Waals surface area contributed by atoms with Crippen LogP contribution in [0.4, 0.5) is 0 Å². The molecule has 0 unspecified atom stereocenters. The van der Waals surface area contributed by atoms with Crippen LogP contribution < -0.4 is 0 Å². The van der Waals surface area contributed by atoms with Gasteiger partial charge in [-0.05, 0) is 57.8 Å². The van der Waals surface area contributed by atoms with E-state index in [2.05, 4.69) is 77.5 Å². The standard InChI is InChI=1S/C19H14S2/c1-2-6-14(5-1)15-11-16(18-7-3-9-20-18)13-17(12-15)19-8-4-10-21-19/h1-14H. The largest absolute Gasteiger partial charge is 0.144 e. The van der Waals surface area contributed by atoms with Crippen LogP contribution in [0.15, 0.2) is 77.5 Å². The zero-order valence-electron chi connectivity index (χ0n) is 11.4. The third-order valence-electron chi connectivity index (χ3n) is 3.70. The van der Waals surface area contributed by atoms with Crippen LogP contribution in [0.1, 0.15) is 11.5 Å². The first-order chi connectivity index (χ1) is 10.4. The Morgan fingerprint density at radius 1 is 0.714 bits per heavy atom. The van der Waals surface area contributed by atoms with Crippen molar-refractivity contribution in [1.29, 1.82) is 0 Å². The number of allylic oxidation sites excluding steroid dienone is 4. The van der Waals surface area contributed by atoms with Crippen molar-refractivity contribution in [2.75, 3.05) is 0 Å². The van der Waals surface area contributed by atoms with Crippen LogP contribution in [0.25, 0.3) is 20.9 Å². The summed E-state index contributed by atoms with van der Waals surface area (Å²) in [5.74, 6) is 0.406. The van der Waals surface area contributed by atoms with Gasteiger partial charge in [-0.2, -0.15) is 0 Å². The third kappa shape index (κ3) is 2.53. The van der Waals surface area contributed by atoms with Crippen LogP contribution in [0.2, 0.25) is 0 Å². The fraction of sp³-hybridized carbons (Fsp3) is 0.0526. The molecule has 0 atom stereocenters. The Morgan fingerprint density at radius 3 is 1.76 bits per heavy atom. The van der Waals surface area contributed by atoms with Gasteiger partial charge in [0.25, 0.3) is 0 Å². The number of hydrogen-bond donors (Lipinski definition) is 0. The van der Waals surface area contributed by atoms with Crippen molar-refractivity contribution in [3.8, 4) is 20.9 Å². The minimum Gasteiger partial charge on any atom is -0.144 e. The second-order valence-electron chi connectivity index (χ2n) is 5.09. The molecule has 0 fully saturated rings. The van der Waals surface area contributed by atoms with Crippen LogP contribution in [0.5, 0.6) is 0 Å². The molecule has 0 bridgehead atoms. The van der Waals surface area contributed by atoms with Crippen molar-refractivity contribution in [2.45, 2.75) is 5.92 Å². The van der Waals surface area contributed by atoms with Crippen LogP contribution in [-0.4, -0.2) is 0 Å². The maximum atomic E-state index is 2.33. The molecule has 2 heteroatoms. The average molecular weight is 306 g/mol. The highest BCUT2D eigenvalue weighted by molar-refractivity contribution is 7.14. The molecule has 102 valence electrons. The molecule has 0 saturated heterocycles. The van der Waals surface area contributed by atoms with Crippen LogP contribution >= 0.6 is 22.7 Å². The highest BCUT2D eigenvalue weighted by Gasteiger charge is 2.12. The Morgan fingerprint density at radius 2 is 1.29 bits per heavy atom. The van der Waals surface area contributed by atoms with E-state index < -0.39 is 0 Å². The molecule has 1 aromatic carbocycles. The van der Waals surface area contributed by atoms with Gasteiger partial charge in [-0.15, -0.1) is 22.7 Å².